The molecule has 4 heteroatoms. The monoisotopic (exact) mass is 238 g/mol. The second-order valence-corrected chi connectivity index (χ2v) is 6.03. The maximum atomic E-state index is 8.94. The van der Waals surface area contributed by atoms with Crippen molar-refractivity contribution in [2.24, 2.45) is 0 Å². The van der Waals surface area contributed by atoms with E-state index < -0.39 is 0 Å². The molecule has 2 nitrogen and oxygen atoms in total. The van der Waals surface area contributed by atoms with Gasteiger partial charge < -0.3 is 0 Å². The van der Waals surface area contributed by atoms with Crippen LogP contribution < -0.4 is 5.32 Å². The van der Waals surface area contributed by atoms with Crippen molar-refractivity contribution in [1.29, 1.82) is 5.26 Å². The number of nitrogens with one attached hydrogen (secondary N) is 1. The first-order chi connectivity index (χ1) is 7.38. The van der Waals surface area contributed by atoms with E-state index in [1.807, 2.05) is 11.8 Å². The zero-order valence-corrected chi connectivity index (χ0v) is 10.1. The molecule has 0 spiro atoms. The van der Waals surface area contributed by atoms with E-state index in [1.54, 1.807) is 11.3 Å². The number of nitrogens with zero attached hydrogens (tertiary/aromatic N) is 1. The molecule has 15 heavy (non-hydrogen) atoms. The lowest BCUT2D eigenvalue weighted by Crippen LogP contribution is -2.29. The van der Waals surface area contributed by atoms with Crippen molar-refractivity contribution in [3.05, 3.63) is 17.5 Å². The fourth-order valence-electron chi connectivity index (χ4n) is 1.34. The molecule has 0 amide bonds. The van der Waals surface area contributed by atoms with Crippen molar-refractivity contribution in [3.63, 3.8) is 0 Å². The average Bonchev–Trinajstić information content (AvgIpc) is 2.91. The van der Waals surface area contributed by atoms with Crippen LogP contribution in [0.4, 0.5) is 0 Å². The summed E-state index contributed by atoms with van der Waals surface area (Å²) in [6.07, 6.45) is 3.43. The Kier molecular flexibility index (Phi) is 4.07. The van der Waals surface area contributed by atoms with E-state index in [0.29, 0.717) is 6.04 Å². The Bertz CT molecular complexity index is 325. The predicted octanol–water partition coefficient (Wildman–Crippen LogP) is 2.87. The van der Waals surface area contributed by atoms with Gasteiger partial charge in [-0.3, -0.25) is 5.32 Å². The zero-order chi connectivity index (χ0) is 10.5. The molecular formula is C11H14N2S2. The Hall–Kier alpha value is -0.500. The third-order valence-electron chi connectivity index (χ3n) is 2.32. The number of hydrogen-bond acceptors (Lipinski definition) is 4. The minimum Gasteiger partial charge on any atom is -0.299 e. The first kappa shape index (κ1) is 11.0. The van der Waals surface area contributed by atoms with Crippen LogP contribution in [0.2, 0.25) is 0 Å². The summed E-state index contributed by atoms with van der Waals surface area (Å²) in [5.74, 6) is 1.03. The Labute approximate surface area is 98.7 Å². The van der Waals surface area contributed by atoms with Crippen LogP contribution in [0.5, 0.6) is 0 Å². The molecule has 1 fully saturated rings. The first-order valence-corrected chi connectivity index (χ1v) is 7.07. The smallest absolute Gasteiger partial charge is 0.0963 e. The van der Waals surface area contributed by atoms with Gasteiger partial charge in [0.1, 0.15) is 0 Å². The van der Waals surface area contributed by atoms with Crippen LogP contribution in [-0.4, -0.2) is 17.8 Å². The molecule has 1 N–H and O–H groups in total. The van der Waals surface area contributed by atoms with E-state index in [9.17, 15) is 0 Å². The third-order valence-corrected chi connectivity index (χ3v) is 4.48. The summed E-state index contributed by atoms with van der Waals surface area (Å²) >= 11 is 3.61. The van der Waals surface area contributed by atoms with E-state index in [1.165, 1.54) is 17.1 Å². The van der Waals surface area contributed by atoms with Crippen LogP contribution in [0.3, 0.4) is 0 Å². The summed E-state index contributed by atoms with van der Waals surface area (Å²) in [4.78, 5) is 0. The summed E-state index contributed by atoms with van der Waals surface area (Å²) in [5.41, 5.74) is 0. The van der Waals surface area contributed by atoms with Crippen molar-refractivity contribution in [2.45, 2.75) is 35.6 Å². The van der Waals surface area contributed by atoms with Crippen molar-refractivity contribution in [3.8, 4) is 6.07 Å². The highest BCUT2D eigenvalue weighted by molar-refractivity contribution is 8.01. The summed E-state index contributed by atoms with van der Waals surface area (Å²) in [7, 11) is 0. The molecule has 0 saturated heterocycles. The molecule has 1 atom stereocenters. The van der Waals surface area contributed by atoms with Crippen LogP contribution in [0.25, 0.3) is 0 Å². The number of nitriles is 1. The standard InChI is InChI=1S/C11H14N2S2/c12-8-10(13-9-3-4-9)5-7-15-11-2-1-6-14-11/h1-2,6,9-10,13H,3-5,7H2. The first-order valence-electron chi connectivity index (χ1n) is 5.20. The van der Waals surface area contributed by atoms with E-state index in [4.69, 9.17) is 5.26 Å². The molecular weight excluding hydrogens is 224 g/mol. The van der Waals surface area contributed by atoms with Gasteiger partial charge in [-0.2, -0.15) is 5.26 Å². The highest BCUT2D eigenvalue weighted by atomic mass is 32.2. The van der Waals surface area contributed by atoms with Gasteiger partial charge in [0.15, 0.2) is 0 Å². The Morgan fingerprint density at radius 1 is 1.67 bits per heavy atom. The second kappa shape index (κ2) is 5.55. The minimum atomic E-state index is 0.0463. The summed E-state index contributed by atoms with van der Waals surface area (Å²) in [6.45, 7) is 0. The quantitative estimate of drug-likeness (QED) is 0.774. The fraction of sp³-hybridized carbons (Fsp3) is 0.545. The van der Waals surface area contributed by atoms with Gasteiger partial charge in [-0.15, -0.1) is 23.1 Å². The van der Waals surface area contributed by atoms with Crippen LogP contribution in [0, 0.1) is 11.3 Å². The summed E-state index contributed by atoms with van der Waals surface area (Å²) < 4.78 is 1.35. The molecule has 1 aliphatic rings. The fourth-order valence-corrected chi connectivity index (χ4v) is 3.21. The second-order valence-electron chi connectivity index (χ2n) is 3.69. The maximum absolute atomic E-state index is 8.94. The zero-order valence-electron chi connectivity index (χ0n) is 8.48. The lowest BCUT2D eigenvalue weighted by Gasteiger charge is -2.09. The number of thiophene rings is 1. The van der Waals surface area contributed by atoms with Crippen LogP contribution in [-0.2, 0) is 0 Å². The lowest BCUT2D eigenvalue weighted by molar-refractivity contribution is 0.587. The third kappa shape index (κ3) is 3.86. The summed E-state index contributed by atoms with van der Waals surface area (Å²) in [6, 6.07) is 7.20. The van der Waals surface area contributed by atoms with Gasteiger partial charge in [0.2, 0.25) is 0 Å². The van der Waals surface area contributed by atoms with Gasteiger partial charge in [-0.25, -0.2) is 0 Å². The van der Waals surface area contributed by atoms with Crippen molar-refractivity contribution in [1.82, 2.24) is 5.32 Å². The molecule has 0 aromatic carbocycles. The minimum absolute atomic E-state index is 0.0463. The largest absolute Gasteiger partial charge is 0.299 e. The van der Waals surface area contributed by atoms with E-state index >= 15 is 0 Å². The van der Waals surface area contributed by atoms with Crippen molar-refractivity contribution < 1.29 is 0 Å². The normalized spacial score (nSPS) is 17.3. The van der Waals surface area contributed by atoms with Gasteiger partial charge in [0.05, 0.1) is 16.3 Å². The Morgan fingerprint density at radius 3 is 3.13 bits per heavy atom. The number of rotatable bonds is 6. The van der Waals surface area contributed by atoms with Crippen molar-refractivity contribution >= 4 is 23.1 Å². The van der Waals surface area contributed by atoms with E-state index in [2.05, 4.69) is 28.9 Å². The number of hydrogen-bond donors (Lipinski definition) is 1. The highest BCUT2D eigenvalue weighted by Gasteiger charge is 2.24. The molecule has 2 rings (SSSR count). The SMILES string of the molecule is N#CC(CCSc1cccs1)NC1CC1. The average molecular weight is 238 g/mol. The molecule has 1 saturated carbocycles. The van der Waals surface area contributed by atoms with E-state index in [0.717, 1.165) is 12.2 Å². The molecule has 0 aliphatic heterocycles. The topological polar surface area (TPSA) is 35.8 Å². The van der Waals surface area contributed by atoms with Gasteiger partial charge in [-0.05, 0) is 30.7 Å². The van der Waals surface area contributed by atoms with E-state index in [-0.39, 0.29) is 6.04 Å². The Morgan fingerprint density at radius 2 is 2.53 bits per heavy atom. The molecule has 1 aliphatic carbocycles. The Balaban J connectivity index is 1.65. The number of thioether (sulfide) groups is 1. The maximum Gasteiger partial charge on any atom is 0.0963 e. The predicted molar refractivity (Wildman–Crippen MR) is 65.2 cm³/mol. The van der Waals surface area contributed by atoms with Crippen molar-refractivity contribution in [2.75, 3.05) is 5.75 Å². The van der Waals surface area contributed by atoms with Gasteiger partial charge in [0.25, 0.3) is 0 Å². The molecule has 1 heterocycles. The molecule has 0 radical (unpaired) electrons. The molecule has 80 valence electrons. The summed E-state index contributed by atoms with van der Waals surface area (Å²) in [5, 5.41) is 14.4. The van der Waals surface area contributed by atoms with Crippen LogP contribution in [0.15, 0.2) is 21.7 Å². The van der Waals surface area contributed by atoms with Gasteiger partial charge in [0, 0.05) is 11.8 Å². The molecule has 1 aromatic heterocycles. The van der Waals surface area contributed by atoms with Gasteiger partial charge >= 0.3 is 0 Å². The molecule has 1 aromatic rings. The highest BCUT2D eigenvalue weighted by Crippen LogP contribution is 2.25. The van der Waals surface area contributed by atoms with Gasteiger partial charge in [-0.1, -0.05) is 6.07 Å². The molecule has 0 bridgehead atoms. The van der Waals surface area contributed by atoms with Crippen LogP contribution in [0.1, 0.15) is 19.3 Å². The van der Waals surface area contributed by atoms with Crippen LogP contribution >= 0.6 is 23.1 Å². The lowest BCUT2D eigenvalue weighted by atomic mass is 10.2. The molecule has 1 unspecified atom stereocenters.